The van der Waals surface area contributed by atoms with Gasteiger partial charge in [0.1, 0.15) is 0 Å². The van der Waals surface area contributed by atoms with Crippen molar-refractivity contribution in [2.75, 3.05) is 0 Å². The standard InChI is InChI=1S/C11H14N4S/c1-8(12)10-4-3-9(7-14-10)16-11-13-5-6-15(11)2/h3-8H,12H2,1-2H3/t8-/m1/s1. The van der Waals surface area contributed by atoms with E-state index in [1.54, 1.807) is 18.0 Å². The molecule has 0 radical (unpaired) electrons. The highest BCUT2D eigenvalue weighted by Crippen LogP contribution is 2.25. The molecule has 2 aromatic heterocycles. The molecule has 2 N–H and O–H groups in total. The Morgan fingerprint density at radius 1 is 1.38 bits per heavy atom. The maximum atomic E-state index is 5.74. The van der Waals surface area contributed by atoms with Crippen molar-refractivity contribution in [2.45, 2.75) is 23.0 Å². The highest BCUT2D eigenvalue weighted by atomic mass is 32.2. The average molecular weight is 234 g/mol. The molecule has 0 aliphatic carbocycles. The first-order valence-electron chi connectivity index (χ1n) is 5.03. The second-order valence-corrected chi connectivity index (χ2v) is 4.67. The first-order valence-corrected chi connectivity index (χ1v) is 5.85. The zero-order valence-corrected chi connectivity index (χ0v) is 10.1. The summed E-state index contributed by atoms with van der Waals surface area (Å²) in [5.74, 6) is 0. The summed E-state index contributed by atoms with van der Waals surface area (Å²) in [6.45, 7) is 1.92. The summed E-state index contributed by atoms with van der Waals surface area (Å²) in [5.41, 5.74) is 6.64. The number of aromatic nitrogens is 3. The second kappa shape index (κ2) is 4.67. The molecule has 5 heteroatoms. The fraction of sp³-hybridized carbons (Fsp3) is 0.273. The number of pyridine rings is 1. The number of hydrogen-bond donors (Lipinski definition) is 1. The van der Waals surface area contributed by atoms with E-state index in [0.717, 1.165) is 15.7 Å². The quantitative estimate of drug-likeness (QED) is 0.882. The van der Waals surface area contributed by atoms with E-state index in [1.807, 2.05) is 43.1 Å². The third-order valence-corrected chi connectivity index (χ3v) is 3.27. The average Bonchev–Trinajstić information content (AvgIpc) is 2.65. The lowest BCUT2D eigenvalue weighted by molar-refractivity contribution is 0.775. The Bertz CT molecular complexity index is 461. The molecule has 4 nitrogen and oxygen atoms in total. The van der Waals surface area contributed by atoms with Gasteiger partial charge in [-0.3, -0.25) is 4.98 Å². The van der Waals surface area contributed by atoms with Crippen molar-refractivity contribution in [3.63, 3.8) is 0 Å². The van der Waals surface area contributed by atoms with Gasteiger partial charge in [-0.25, -0.2) is 4.98 Å². The number of imidazole rings is 1. The van der Waals surface area contributed by atoms with Gasteiger partial charge in [0, 0.05) is 36.6 Å². The van der Waals surface area contributed by atoms with Crippen LogP contribution in [0.4, 0.5) is 0 Å². The molecule has 2 aromatic rings. The predicted octanol–water partition coefficient (Wildman–Crippen LogP) is 1.99. The molecule has 0 saturated carbocycles. The number of rotatable bonds is 3. The summed E-state index contributed by atoms with van der Waals surface area (Å²) >= 11 is 1.59. The molecule has 0 aromatic carbocycles. The van der Waals surface area contributed by atoms with Crippen LogP contribution < -0.4 is 5.73 Å². The van der Waals surface area contributed by atoms with E-state index in [4.69, 9.17) is 5.73 Å². The minimum absolute atomic E-state index is 0.0211. The SMILES string of the molecule is C[C@@H](N)c1ccc(Sc2nccn2C)cn1. The molecule has 16 heavy (non-hydrogen) atoms. The summed E-state index contributed by atoms with van der Waals surface area (Å²) < 4.78 is 1.98. The van der Waals surface area contributed by atoms with Gasteiger partial charge in [0.15, 0.2) is 5.16 Å². The van der Waals surface area contributed by atoms with E-state index in [-0.39, 0.29) is 6.04 Å². The zero-order chi connectivity index (χ0) is 11.5. The van der Waals surface area contributed by atoms with Gasteiger partial charge in [-0.1, -0.05) is 11.8 Å². The van der Waals surface area contributed by atoms with Crippen molar-refractivity contribution in [3.05, 3.63) is 36.4 Å². The lowest BCUT2D eigenvalue weighted by Crippen LogP contribution is -2.06. The monoisotopic (exact) mass is 234 g/mol. The van der Waals surface area contributed by atoms with Gasteiger partial charge < -0.3 is 10.3 Å². The first-order chi connectivity index (χ1) is 7.66. The van der Waals surface area contributed by atoms with E-state index >= 15 is 0 Å². The Labute approximate surface area is 98.9 Å². The lowest BCUT2D eigenvalue weighted by Gasteiger charge is -2.05. The molecule has 0 bridgehead atoms. The van der Waals surface area contributed by atoms with Crippen LogP contribution in [-0.2, 0) is 7.05 Å². The van der Waals surface area contributed by atoms with E-state index in [9.17, 15) is 0 Å². The molecule has 0 aliphatic heterocycles. The van der Waals surface area contributed by atoms with E-state index < -0.39 is 0 Å². The number of hydrogen-bond acceptors (Lipinski definition) is 4. The van der Waals surface area contributed by atoms with Crippen LogP contribution in [0.3, 0.4) is 0 Å². The molecule has 0 fully saturated rings. The summed E-state index contributed by atoms with van der Waals surface area (Å²) in [5, 5.41) is 0.954. The fourth-order valence-corrected chi connectivity index (χ4v) is 2.05. The van der Waals surface area contributed by atoms with Crippen molar-refractivity contribution < 1.29 is 0 Å². The molecule has 2 heterocycles. The molecular formula is C11H14N4S. The van der Waals surface area contributed by atoms with Crippen LogP contribution in [0.15, 0.2) is 40.8 Å². The molecule has 0 amide bonds. The third kappa shape index (κ3) is 2.43. The van der Waals surface area contributed by atoms with Gasteiger partial charge in [0.2, 0.25) is 0 Å². The smallest absolute Gasteiger partial charge is 0.172 e. The van der Waals surface area contributed by atoms with Gasteiger partial charge in [-0.15, -0.1) is 0 Å². The number of aryl methyl sites for hydroxylation is 1. The lowest BCUT2D eigenvalue weighted by atomic mass is 10.2. The van der Waals surface area contributed by atoms with Crippen LogP contribution in [0.25, 0.3) is 0 Å². The van der Waals surface area contributed by atoms with E-state index in [0.29, 0.717) is 0 Å². The Morgan fingerprint density at radius 3 is 2.69 bits per heavy atom. The van der Waals surface area contributed by atoms with Gasteiger partial charge in [0.25, 0.3) is 0 Å². The zero-order valence-electron chi connectivity index (χ0n) is 9.29. The van der Waals surface area contributed by atoms with Crippen LogP contribution in [0.2, 0.25) is 0 Å². The summed E-state index contributed by atoms with van der Waals surface area (Å²) in [6.07, 6.45) is 5.54. The summed E-state index contributed by atoms with van der Waals surface area (Å²) in [4.78, 5) is 9.62. The Kier molecular flexibility index (Phi) is 3.26. The van der Waals surface area contributed by atoms with Gasteiger partial charge in [0.05, 0.1) is 5.69 Å². The topological polar surface area (TPSA) is 56.7 Å². The van der Waals surface area contributed by atoms with Crippen LogP contribution in [0, 0.1) is 0 Å². The van der Waals surface area contributed by atoms with Crippen LogP contribution in [0.5, 0.6) is 0 Å². The van der Waals surface area contributed by atoms with Crippen molar-refractivity contribution in [2.24, 2.45) is 12.8 Å². The Balaban J connectivity index is 2.14. The van der Waals surface area contributed by atoms with E-state index in [2.05, 4.69) is 9.97 Å². The second-order valence-electron chi connectivity index (χ2n) is 3.63. The Hall–Kier alpha value is -1.33. The number of nitrogens with two attached hydrogens (primary N) is 1. The predicted molar refractivity (Wildman–Crippen MR) is 64.2 cm³/mol. The maximum Gasteiger partial charge on any atom is 0.172 e. The Morgan fingerprint density at radius 2 is 2.19 bits per heavy atom. The fourth-order valence-electron chi connectivity index (χ4n) is 1.28. The van der Waals surface area contributed by atoms with E-state index in [1.165, 1.54) is 0 Å². The minimum Gasteiger partial charge on any atom is -0.329 e. The van der Waals surface area contributed by atoms with Crippen molar-refractivity contribution in [3.8, 4) is 0 Å². The van der Waals surface area contributed by atoms with Crippen LogP contribution >= 0.6 is 11.8 Å². The largest absolute Gasteiger partial charge is 0.329 e. The van der Waals surface area contributed by atoms with Gasteiger partial charge in [-0.2, -0.15) is 0 Å². The highest BCUT2D eigenvalue weighted by molar-refractivity contribution is 7.99. The molecular weight excluding hydrogens is 220 g/mol. The molecule has 2 rings (SSSR count). The highest BCUT2D eigenvalue weighted by Gasteiger charge is 2.04. The minimum atomic E-state index is -0.0211. The molecule has 0 spiro atoms. The normalized spacial score (nSPS) is 12.7. The molecule has 0 unspecified atom stereocenters. The van der Waals surface area contributed by atoms with Crippen molar-refractivity contribution >= 4 is 11.8 Å². The van der Waals surface area contributed by atoms with Crippen LogP contribution in [0.1, 0.15) is 18.7 Å². The number of nitrogens with zero attached hydrogens (tertiary/aromatic N) is 3. The van der Waals surface area contributed by atoms with Gasteiger partial charge in [-0.05, 0) is 19.1 Å². The first kappa shape index (κ1) is 11.2. The molecule has 1 atom stereocenters. The van der Waals surface area contributed by atoms with Crippen molar-refractivity contribution in [1.29, 1.82) is 0 Å². The third-order valence-electron chi connectivity index (χ3n) is 2.21. The maximum absolute atomic E-state index is 5.74. The van der Waals surface area contributed by atoms with Gasteiger partial charge >= 0.3 is 0 Å². The molecule has 0 saturated heterocycles. The summed E-state index contributed by atoms with van der Waals surface area (Å²) in [6, 6.07) is 3.95. The van der Waals surface area contributed by atoms with Crippen LogP contribution in [-0.4, -0.2) is 14.5 Å². The molecule has 84 valence electrons. The van der Waals surface area contributed by atoms with Crippen molar-refractivity contribution in [1.82, 2.24) is 14.5 Å². The molecule has 0 aliphatic rings. The summed E-state index contributed by atoms with van der Waals surface area (Å²) in [7, 11) is 1.97.